The van der Waals surface area contributed by atoms with Crippen LogP contribution in [0.1, 0.15) is 0 Å². The van der Waals surface area contributed by atoms with Crippen LogP contribution in [-0.2, 0) is 0 Å². The zero-order valence-electron chi connectivity index (χ0n) is 7.46. The Kier molecular flexibility index (Phi) is 1.47. The van der Waals surface area contributed by atoms with E-state index in [-0.39, 0.29) is 0 Å². The van der Waals surface area contributed by atoms with Crippen molar-refractivity contribution < 1.29 is 0 Å². The minimum Gasteiger partial charge on any atom is -0.333 e. The van der Waals surface area contributed by atoms with Gasteiger partial charge in [0.1, 0.15) is 0 Å². The Balaban J connectivity index is 2.18. The molecule has 3 rings (SSSR count). The predicted molar refractivity (Wildman–Crippen MR) is 54.8 cm³/mol. The van der Waals surface area contributed by atoms with E-state index in [2.05, 4.69) is 26.2 Å². The van der Waals surface area contributed by atoms with Crippen molar-refractivity contribution in [2.75, 3.05) is 11.4 Å². The Morgan fingerprint density at radius 2 is 2.36 bits per heavy atom. The maximum absolute atomic E-state index is 4.23. The standard InChI is InChI=1S/C10H8N4/c1-2-6-14-8(3-1)7-11-10-9(14)4-5-12-13-10/h1-5,7H,6H2. The van der Waals surface area contributed by atoms with Crippen LogP contribution in [0.25, 0.3) is 0 Å². The van der Waals surface area contributed by atoms with Crippen LogP contribution in [0.15, 0.2) is 41.2 Å². The van der Waals surface area contributed by atoms with Gasteiger partial charge in [-0.15, -0.1) is 5.10 Å². The lowest BCUT2D eigenvalue weighted by Gasteiger charge is -2.28. The molecule has 4 heteroatoms. The minimum absolute atomic E-state index is 0.694. The number of fused-ring (bicyclic) bond motifs is 3. The first-order chi connectivity index (χ1) is 6.95. The van der Waals surface area contributed by atoms with Crippen molar-refractivity contribution >= 4 is 17.7 Å². The zero-order valence-corrected chi connectivity index (χ0v) is 7.46. The van der Waals surface area contributed by atoms with Gasteiger partial charge in [0.25, 0.3) is 0 Å². The molecule has 1 aromatic heterocycles. The zero-order chi connectivity index (χ0) is 9.38. The number of anilines is 1. The molecular weight excluding hydrogens is 176 g/mol. The van der Waals surface area contributed by atoms with Gasteiger partial charge in [0.15, 0.2) is 5.82 Å². The van der Waals surface area contributed by atoms with Gasteiger partial charge in [-0.1, -0.05) is 12.2 Å². The van der Waals surface area contributed by atoms with E-state index in [1.165, 1.54) is 0 Å². The average Bonchev–Trinajstić information content (AvgIpc) is 2.29. The van der Waals surface area contributed by atoms with Crippen LogP contribution in [0.5, 0.6) is 0 Å². The summed E-state index contributed by atoms with van der Waals surface area (Å²) in [6.07, 6.45) is 9.69. The first-order valence-corrected chi connectivity index (χ1v) is 4.45. The number of nitrogens with zero attached hydrogens (tertiary/aromatic N) is 4. The maximum atomic E-state index is 4.23. The van der Waals surface area contributed by atoms with Crippen LogP contribution in [0.3, 0.4) is 0 Å². The Hall–Kier alpha value is -1.97. The molecule has 68 valence electrons. The third-order valence-corrected chi connectivity index (χ3v) is 2.29. The van der Waals surface area contributed by atoms with E-state index in [0.29, 0.717) is 5.82 Å². The highest BCUT2D eigenvalue weighted by atomic mass is 15.2. The molecule has 1 aromatic rings. The molecule has 0 atom stereocenters. The van der Waals surface area contributed by atoms with Gasteiger partial charge in [-0.3, -0.25) is 0 Å². The third kappa shape index (κ3) is 0.970. The molecule has 2 aliphatic rings. The van der Waals surface area contributed by atoms with Crippen LogP contribution in [-0.4, -0.2) is 23.0 Å². The van der Waals surface area contributed by atoms with Gasteiger partial charge in [-0.05, 0) is 12.1 Å². The van der Waals surface area contributed by atoms with E-state index in [1.54, 1.807) is 6.20 Å². The Bertz CT molecular complexity index is 459. The second-order valence-corrected chi connectivity index (χ2v) is 3.13. The molecule has 0 radical (unpaired) electrons. The Morgan fingerprint density at radius 1 is 1.36 bits per heavy atom. The molecule has 0 unspecified atom stereocenters. The number of aromatic nitrogens is 2. The Morgan fingerprint density at radius 3 is 3.36 bits per heavy atom. The van der Waals surface area contributed by atoms with Crippen molar-refractivity contribution in [2.24, 2.45) is 4.99 Å². The summed E-state index contributed by atoms with van der Waals surface area (Å²) in [5, 5.41) is 7.78. The van der Waals surface area contributed by atoms with Crippen molar-refractivity contribution in [1.29, 1.82) is 0 Å². The van der Waals surface area contributed by atoms with Crippen LogP contribution < -0.4 is 4.90 Å². The van der Waals surface area contributed by atoms with Gasteiger partial charge < -0.3 is 4.90 Å². The molecule has 14 heavy (non-hydrogen) atoms. The maximum Gasteiger partial charge on any atom is 0.198 e. The van der Waals surface area contributed by atoms with E-state index < -0.39 is 0 Å². The predicted octanol–water partition coefficient (Wildman–Crippen LogP) is 1.45. The first kappa shape index (κ1) is 7.44. The van der Waals surface area contributed by atoms with Crippen LogP contribution in [0, 0.1) is 0 Å². The van der Waals surface area contributed by atoms with E-state index in [0.717, 1.165) is 17.9 Å². The summed E-state index contributed by atoms with van der Waals surface area (Å²) in [6, 6.07) is 1.94. The van der Waals surface area contributed by atoms with Gasteiger partial charge in [0, 0.05) is 6.54 Å². The highest BCUT2D eigenvalue weighted by Crippen LogP contribution is 2.31. The summed E-state index contributed by atoms with van der Waals surface area (Å²) in [4.78, 5) is 6.40. The SMILES string of the molecule is C1=CCN2C(=C1)C=Nc1nnccc12. The van der Waals surface area contributed by atoms with Crippen molar-refractivity contribution in [2.45, 2.75) is 0 Å². The molecule has 0 aliphatic carbocycles. The second-order valence-electron chi connectivity index (χ2n) is 3.13. The molecule has 0 saturated heterocycles. The number of allylic oxidation sites excluding steroid dienone is 3. The van der Waals surface area contributed by atoms with Crippen LogP contribution in [0.4, 0.5) is 11.5 Å². The molecule has 2 aliphatic heterocycles. The first-order valence-electron chi connectivity index (χ1n) is 4.45. The summed E-state index contributed by atoms with van der Waals surface area (Å²) in [6.45, 7) is 0.872. The van der Waals surface area contributed by atoms with Crippen LogP contribution in [0.2, 0.25) is 0 Å². The van der Waals surface area contributed by atoms with Crippen molar-refractivity contribution in [3.05, 3.63) is 36.2 Å². The fourth-order valence-electron chi connectivity index (χ4n) is 1.63. The van der Waals surface area contributed by atoms with Gasteiger partial charge >= 0.3 is 0 Å². The number of rotatable bonds is 0. The molecule has 0 N–H and O–H groups in total. The summed E-state index contributed by atoms with van der Waals surface area (Å²) >= 11 is 0. The topological polar surface area (TPSA) is 41.4 Å². The lowest BCUT2D eigenvalue weighted by Crippen LogP contribution is -2.27. The highest BCUT2D eigenvalue weighted by Gasteiger charge is 2.19. The van der Waals surface area contributed by atoms with Crippen LogP contribution >= 0.6 is 0 Å². The molecule has 0 aromatic carbocycles. The number of hydrogen-bond donors (Lipinski definition) is 0. The van der Waals surface area contributed by atoms with Gasteiger partial charge in [0.2, 0.25) is 0 Å². The van der Waals surface area contributed by atoms with Gasteiger partial charge in [0.05, 0.1) is 23.8 Å². The normalized spacial score (nSPS) is 17.4. The molecular formula is C10H8N4. The monoisotopic (exact) mass is 184 g/mol. The molecule has 0 saturated carbocycles. The molecule has 0 bridgehead atoms. The summed E-state index contributed by atoms with van der Waals surface area (Å²) in [5.74, 6) is 0.694. The summed E-state index contributed by atoms with van der Waals surface area (Å²) in [7, 11) is 0. The third-order valence-electron chi connectivity index (χ3n) is 2.29. The Labute approximate surface area is 81.3 Å². The fraction of sp³-hybridized carbons (Fsp3) is 0.100. The number of hydrogen-bond acceptors (Lipinski definition) is 4. The fourth-order valence-corrected chi connectivity index (χ4v) is 1.63. The summed E-state index contributed by atoms with van der Waals surface area (Å²) < 4.78 is 0. The largest absolute Gasteiger partial charge is 0.333 e. The summed E-state index contributed by atoms with van der Waals surface area (Å²) in [5.41, 5.74) is 2.13. The smallest absolute Gasteiger partial charge is 0.198 e. The van der Waals surface area contributed by atoms with E-state index in [9.17, 15) is 0 Å². The van der Waals surface area contributed by atoms with E-state index in [1.807, 2.05) is 24.4 Å². The van der Waals surface area contributed by atoms with Crippen molar-refractivity contribution in [3.63, 3.8) is 0 Å². The quantitative estimate of drug-likeness (QED) is 0.612. The molecule has 0 amide bonds. The highest BCUT2D eigenvalue weighted by molar-refractivity contribution is 5.93. The van der Waals surface area contributed by atoms with Crippen molar-refractivity contribution in [1.82, 2.24) is 10.2 Å². The second kappa shape index (κ2) is 2.77. The molecule has 0 fully saturated rings. The molecule has 3 heterocycles. The lowest BCUT2D eigenvalue weighted by atomic mass is 10.2. The lowest BCUT2D eigenvalue weighted by molar-refractivity contribution is 0.964. The van der Waals surface area contributed by atoms with E-state index >= 15 is 0 Å². The van der Waals surface area contributed by atoms with E-state index in [4.69, 9.17) is 0 Å². The van der Waals surface area contributed by atoms with Gasteiger partial charge in [-0.2, -0.15) is 5.10 Å². The van der Waals surface area contributed by atoms with Crippen molar-refractivity contribution in [3.8, 4) is 0 Å². The minimum atomic E-state index is 0.694. The molecule has 0 spiro atoms. The average molecular weight is 184 g/mol. The van der Waals surface area contributed by atoms with Gasteiger partial charge in [-0.25, -0.2) is 4.99 Å². The molecule has 4 nitrogen and oxygen atoms in total. The number of aliphatic imine (C=N–C) groups is 1.